The third kappa shape index (κ3) is 4.73. The quantitative estimate of drug-likeness (QED) is 0.738. The van der Waals surface area contributed by atoms with E-state index in [-0.39, 0.29) is 24.1 Å². The van der Waals surface area contributed by atoms with Crippen molar-refractivity contribution in [2.75, 3.05) is 10.6 Å². The van der Waals surface area contributed by atoms with Gasteiger partial charge in [-0.25, -0.2) is 4.39 Å². The lowest BCUT2D eigenvalue weighted by molar-refractivity contribution is -0.115. The molecule has 130 valence electrons. The second kappa shape index (κ2) is 8.02. The van der Waals surface area contributed by atoms with E-state index in [0.29, 0.717) is 16.9 Å². The van der Waals surface area contributed by atoms with Gasteiger partial charge in [0, 0.05) is 23.8 Å². The number of halogens is 1. The van der Waals surface area contributed by atoms with Crippen LogP contribution in [0.3, 0.4) is 0 Å². The maximum Gasteiger partial charge on any atom is 0.257 e. The molecule has 2 aromatic carbocycles. The molecule has 0 saturated carbocycles. The molecule has 5 nitrogen and oxygen atoms in total. The second-order valence-electron chi connectivity index (χ2n) is 5.62. The number of nitrogens with zero attached hydrogens (tertiary/aromatic N) is 1. The highest BCUT2D eigenvalue weighted by Gasteiger charge is 2.07. The number of anilines is 2. The van der Waals surface area contributed by atoms with Crippen LogP contribution in [0.4, 0.5) is 15.8 Å². The van der Waals surface area contributed by atoms with Gasteiger partial charge < -0.3 is 10.6 Å². The highest BCUT2D eigenvalue weighted by molar-refractivity contribution is 6.04. The Bertz CT molecular complexity index is 895. The Kier molecular flexibility index (Phi) is 5.34. The molecule has 0 spiro atoms. The molecule has 0 radical (unpaired) electrons. The molecule has 0 aliphatic carbocycles. The minimum Gasteiger partial charge on any atom is -0.326 e. The SMILES string of the molecule is O=C(Cc1ccc(F)cc1)Nc1ccc(NC(=O)c2cccnc2)cc1. The van der Waals surface area contributed by atoms with Gasteiger partial charge in [-0.2, -0.15) is 0 Å². The Labute approximate surface area is 149 Å². The van der Waals surface area contributed by atoms with Crippen LogP contribution in [-0.4, -0.2) is 16.8 Å². The summed E-state index contributed by atoms with van der Waals surface area (Å²) in [4.78, 5) is 28.0. The van der Waals surface area contributed by atoms with Crippen molar-refractivity contribution in [1.82, 2.24) is 4.98 Å². The number of hydrogen-bond acceptors (Lipinski definition) is 3. The Morgan fingerprint density at radius 2 is 1.54 bits per heavy atom. The topological polar surface area (TPSA) is 71.1 Å². The van der Waals surface area contributed by atoms with Crippen molar-refractivity contribution < 1.29 is 14.0 Å². The molecular weight excluding hydrogens is 333 g/mol. The van der Waals surface area contributed by atoms with Gasteiger partial charge in [0.2, 0.25) is 5.91 Å². The number of pyridine rings is 1. The standard InChI is InChI=1S/C20H16FN3O2/c21-16-5-3-14(4-6-16)12-19(25)23-17-7-9-18(10-8-17)24-20(26)15-2-1-11-22-13-15/h1-11,13H,12H2,(H,23,25)(H,24,26). The molecule has 0 saturated heterocycles. The average molecular weight is 349 g/mol. The van der Waals surface area contributed by atoms with E-state index in [0.717, 1.165) is 5.56 Å². The van der Waals surface area contributed by atoms with Crippen LogP contribution >= 0.6 is 0 Å². The summed E-state index contributed by atoms with van der Waals surface area (Å²) in [6.45, 7) is 0. The number of hydrogen-bond donors (Lipinski definition) is 2. The van der Waals surface area contributed by atoms with E-state index in [1.165, 1.54) is 18.3 Å². The van der Waals surface area contributed by atoms with Gasteiger partial charge in [0.15, 0.2) is 0 Å². The monoisotopic (exact) mass is 349 g/mol. The van der Waals surface area contributed by atoms with Crippen LogP contribution in [0.5, 0.6) is 0 Å². The summed E-state index contributed by atoms with van der Waals surface area (Å²) in [5.74, 6) is -0.798. The summed E-state index contributed by atoms with van der Waals surface area (Å²) < 4.78 is 12.9. The summed E-state index contributed by atoms with van der Waals surface area (Å²) in [6.07, 6.45) is 3.24. The predicted octanol–water partition coefficient (Wildman–Crippen LogP) is 3.65. The third-order valence-corrected chi connectivity index (χ3v) is 3.63. The van der Waals surface area contributed by atoms with Crippen molar-refractivity contribution in [3.05, 3.63) is 90.0 Å². The molecule has 1 heterocycles. The van der Waals surface area contributed by atoms with Crippen molar-refractivity contribution >= 4 is 23.2 Å². The van der Waals surface area contributed by atoms with Gasteiger partial charge in [0.25, 0.3) is 5.91 Å². The third-order valence-electron chi connectivity index (χ3n) is 3.63. The van der Waals surface area contributed by atoms with Crippen LogP contribution in [-0.2, 0) is 11.2 Å². The van der Waals surface area contributed by atoms with Crippen LogP contribution in [0.2, 0.25) is 0 Å². The lowest BCUT2D eigenvalue weighted by atomic mass is 10.1. The molecule has 0 aliphatic heterocycles. The predicted molar refractivity (Wildman–Crippen MR) is 97.4 cm³/mol. The fourth-order valence-electron chi connectivity index (χ4n) is 2.33. The zero-order valence-corrected chi connectivity index (χ0v) is 13.8. The molecule has 0 bridgehead atoms. The molecule has 6 heteroatoms. The lowest BCUT2D eigenvalue weighted by Crippen LogP contribution is -2.15. The van der Waals surface area contributed by atoms with Crippen LogP contribution in [0, 0.1) is 5.82 Å². The maximum atomic E-state index is 12.9. The van der Waals surface area contributed by atoms with E-state index >= 15 is 0 Å². The first-order valence-corrected chi connectivity index (χ1v) is 7.96. The van der Waals surface area contributed by atoms with E-state index in [9.17, 15) is 14.0 Å². The Balaban J connectivity index is 1.56. The van der Waals surface area contributed by atoms with Gasteiger partial charge in [-0.15, -0.1) is 0 Å². The van der Waals surface area contributed by atoms with Crippen molar-refractivity contribution in [2.24, 2.45) is 0 Å². The lowest BCUT2D eigenvalue weighted by Gasteiger charge is -2.08. The molecule has 0 unspecified atom stereocenters. The smallest absolute Gasteiger partial charge is 0.257 e. The number of carbonyl (C=O) groups is 2. The molecule has 3 rings (SSSR count). The van der Waals surface area contributed by atoms with Crippen LogP contribution in [0.1, 0.15) is 15.9 Å². The first-order chi connectivity index (χ1) is 12.6. The summed E-state index contributed by atoms with van der Waals surface area (Å²) in [6, 6.07) is 15.9. The number of nitrogens with one attached hydrogen (secondary N) is 2. The van der Waals surface area contributed by atoms with Crippen molar-refractivity contribution in [1.29, 1.82) is 0 Å². The summed E-state index contributed by atoms with van der Waals surface area (Å²) >= 11 is 0. The Morgan fingerprint density at radius 3 is 2.15 bits per heavy atom. The Hall–Kier alpha value is -3.54. The molecule has 26 heavy (non-hydrogen) atoms. The van der Waals surface area contributed by atoms with Crippen molar-refractivity contribution in [3.8, 4) is 0 Å². The molecular formula is C20H16FN3O2. The zero-order chi connectivity index (χ0) is 18.4. The normalized spacial score (nSPS) is 10.2. The number of aromatic nitrogens is 1. The van der Waals surface area contributed by atoms with E-state index in [2.05, 4.69) is 15.6 Å². The molecule has 0 aliphatic rings. The highest BCUT2D eigenvalue weighted by Crippen LogP contribution is 2.15. The average Bonchev–Trinajstić information content (AvgIpc) is 2.66. The van der Waals surface area contributed by atoms with Gasteiger partial charge in [0.1, 0.15) is 5.82 Å². The largest absolute Gasteiger partial charge is 0.326 e. The first-order valence-electron chi connectivity index (χ1n) is 7.96. The van der Waals surface area contributed by atoms with Gasteiger partial charge >= 0.3 is 0 Å². The fraction of sp³-hybridized carbons (Fsp3) is 0.0500. The maximum absolute atomic E-state index is 12.9. The second-order valence-corrected chi connectivity index (χ2v) is 5.62. The highest BCUT2D eigenvalue weighted by atomic mass is 19.1. The number of benzene rings is 2. The van der Waals surface area contributed by atoms with E-state index in [1.54, 1.807) is 54.7 Å². The summed E-state index contributed by atoms with van der Waals surface area (Å²) in [7, 11) is 0. The number of rotatable bonds is 5. The van der Waals surface area contributed by atoms with Gasteiger partial charge in [-0.05, 0) is 54.1 Å². The molecule has 1 aromatic heterocycles. The van der Waals surface area contributed by atoms with Crippen molar-refractivity contribution in [2.45, 2.75) is 6.42 Å². The Morgan fingerprint density at radius 1 is 0.885 bits per heavy atom. The molecule has 3 aromatic rings. The molecule has 0 atom stereocenters. The fourth-order valence-corrected chi connectivity index (χ4v) is 2.33. The van der Waals surface area contributed by atoms with Gasteiger partial charge in [0.05, 0.1) is 12.0 Å². The van der Waals surface area contributed by atoms with E-state index < -0.39 is 0 Å². The van der Waals surface area contributed by atoms with Crippen LogP contribution < -0.4 is 10.6 Å². The first kappa shape index (κ1) is 17.3. The minimum atomic E-state index is -0.335. The van der Waals surface area contributed by atoms with Crippen LogP contribution in [0.25, 0.3) is 0 Å². The minimum absolute atomic E-state index is 0.153. The number of carbonyl (C=O) groups excluding carboxylic acids is 2. The summed E-state index contributed by atoms with van der Waals surface area (Å²) in [5, 5.41) is 5.52. The van der Waals surface area contributed by atoms with Crippen molar-refractivity contribution in [3.63, 3.8) is 0 Å². The summed E-state index contributed by atoms with van der Waals surface area (Å²) in [5.41, 5.74) is 2.40. The molecule has 0 fully saturated rings. The number of amides is 2. The van der Waals surface area contributed by atoms with Crippen LogP contribution in [0.15, 0.2) is 73.1 Å². The molecule has 2 N–H and O–H groups in total. The van der Waals surface area contributed by atoms with Gasteiger partial charge in [-0.3, -0.25) is 14.6 Å². The molecule has 2 amide bonds. The van der Waals surface area contributed by atoms with E-state index in [1.807, 2.05) is 0 Å². The van der Waals surface area contributed by atoms with Gasteiger partial charge in [-0.1, -0.05) is 12.1 Å². The van der Waals surface area contributed by atoms with E-state index in [4.69, 9.17) is 0 Å². The zero-order valence-electron chi connectivity index (χ0n) is 13.8.